The molecule has 76 valence electrons. The molecule has 0 fully saturated rings. The normalized spacial score (nSPS) is 10.3. The lowest BCUT2D eigenvalue weighted by Crippen LogP contribution is -1.89. The van der Waals surface area contributed by atoms with Gasteiger partial charge in [0.2, 0.25) is 0 Å². The summed E-state index contributed by atoms with van der Waals surface area (Å²) in [5.41, 5.74) is 0.864. The van der Waals surface area contributed by atoms with Gasteiger partial charge in [-0.15, -0.1) is 0 Å². The number of rotatable bonds is 2. The highest BCUT2D eigenvalue weighted by atomic mass is 35.5. The number of benzene rings is 1. The van der Waals surface area contributed by atoms with Crippen molar-refractivity contribution in [2.45, 2.75) is 6.92 Å². The van der Waals surface area contributed by atoms with Gasteiger partial charge in [0.1, 0.15) is 0 Å². The Bertz CT molecular complexity index is 492. The maximum atomic E-state index is 11.0. The summed E-state index contributed by atoms with van der Waals surface area (Å²) in [4.78, 5) is 15.2. The van der Waals surface area contributed by atoms with E-state index in [9.17, 15) is 4.79 Å². The first-order chi connectivity index (χ1) is 7.16. The van der Waals surface area contributed by atoms with Crippen LogP contribution in [0.4, 0.5) is 0 Å². The summed E-state index contributed by atoms with van der Waals surface area (Å²) in [6.07, 6.45) is 0. The lowest BCUT2D eigenvalue weighted by Gasteiger charge is -1.94. The van der Waals surface area contributed by atoms with Crippen molar-refractivity contribution in [2.75, 3.05) is 0 Å². The van der Waals surface area contributed by atoms with Crippen LogP contribution < -0.4 is 0 Å². The lowest BCUT2D eigenvalue weighted by atomic mass is 10.2. The molecule has 0 aliphatic heterocycles. The van der Waals surface area contributed by atoms with Crippen LogP contribution in [0, 0.1) is 0 Å². The van der Waals surface area contributed by atoms with Crippen LogP contribution in [-0.2, 0) is 0 Å². The monoisotopic (exact) mass is 238 g/mol. The molecule has 1 aromatic heterocycles. The minimum Gasteiger partial charge on any atom is -0.292 e. The van der Waals surface area contributed by atoms with Gasteiger partial charge in [-0.25, -0.2) is 4.98 Å². The van der Waals surface area contributed by atoms with Gasteiger partial charge >= 0.3 is 0 Å². The Morgan fingerprint density at radius 2 is 2.00 bits per heavy atom. The van der Waals surface area contributed by atoms with Crippen molar-refractivity contribution in [3.8, 4) is 11.4 Å². The van der Waals surface area contributed by atoms with E-state index in [1.807, 2.05) is 12.1 Å². The number of aromatic nitrogens is 2. The predicted octanol–water partition coefficient (Wildman–Crippen LogP) is 3.06. The van der Waals surface area contributed by atoms with Gasteiger partial charge in [-0.05, 0) is 35.8 Å². The van der Waals surface area contributed by atoms with Crippen LogP contribution in [0.1, 0.15) is 16.7 Å². The Kier molecular flexibility index (Phi) is 2.79. The number of hydrogen-bond acceptors (Lipinski definition) is 4. The van der Waals surface area contributed by atoms with Crippen LogP contribution >= 0.6 is 23.1 Å². The highest BCUT2D eigenvalue weighted by Gasteiger charge is 2.09. The molecule has 0 amide bonds. The highest BCUT2D eigenvalue weighted by Crippen LogP contribution is 2.20. The Hall–Kier alpha value is -1.26. The minimum atomic E-state index is -0.0623. The van der Waals surface area contributed by atoms with E-state index < -0.39 is 0 Å². The van der Waals surface area contributed by atoms with E-state index in [0.29, 0.717) is 15.9 Å². The van der Waals surface area contributed by atoms with Crippen LogP contribution in [0.25, 0.3) is 11.4 Å². The van der Waals surface area contributed by atoms with E-state index in [2.05, 4.69) is 9.36 Å². The van der Waals surface area contributed by atoms with Crippen LogP contribution in [-0.4, -0.2) is 15.1 Å². The molecule has 0 atom stereocenters. The SMILES string of the molecule is CC(=O)c1nc(-c2ccc(Cl)cc2)ns1. The fraction of sp³-hybridized carbons (Fsp3) is 0.100. The minimum absolute atomic E-state index is 0.0623. The molecule has 1 aromatic carbocycles. The van der Waals surface area contributed by atoms with E-state index in [-0.39, 0.29) is 5.78 Å². The smallest absolute Gasteiger partial charge is 0.189 e. The van der Waals surface area contributed by atoms with Crippen molar-refractivity contribution in [3.63, 3.8) is 0 Å². The maximum absolute atomic E-state index is 11.0. The molecule has 0 spiro atoms. The standard InChI is InChI=1S/C10H7ClN2OS/c1-6(14)10-12-9(13-15-10)7-2-4-8(11)5-3-7/h2-5H,1H3. The van der Waals surface area contributed by atoms with Gasteiger partial charge in [0, 0.05) is 17.5 Å². The zero-order chi connectivity index (χ0) is 10.8. The first kappa shape index (κ1) is 10.3. The van der Waals surface area contributed by atoms with Crippen molar-refractivity contribution in [3.05, 3.63) is 34.3 Å². The highest BCUT2D eigenvalue weighted by molar-refractivity contribution is 7.07. The van der Waals surface area contributed by atoms with Crippen molar-refractivity contribution in [1.82, 2.24) is 9.36 Å². The number of carbonyl (C=O) groups excluding carboxylic acids is 1. The molecule has 5 heteroatoms. The molecule has 2 rings (SSSR count). The van der Waals surface area contributed by atoms with E-state index in [1.165, 1.54) is 6.92 Å². The molecule has 0 aliphatic carbocycles. The summed E-state index contributed by atoms with van der Waals surface area (Å²) < 4.78 is 4.10. The van der Waals surface area contributed by atoms with Crippen molar-refractivity contribution >= 4 is 28.9 Å². The number of carbonyl (C=O) groups is 1. The summed E-state index contributed by atoms with van der Waals surface area (Å²) in [5, 5.41) is 1.10. The number of nitrogens with zero attached hydrogens (tertiary/aromatic N) is 2. The maximum Gasteiger partial charge on any atom is 0.189 e. The van der Waals surface area contributed by atoms with Crippen molar-refractivity contribution in [2.24, 2.45) is 0 Å². The Morgan fingerprint density at radius 1 is 1.33 bits per heavy atom. The van der Waals surface area contributed by atoms with Crippen LogP contribution in [0.5, 0.6) is 0 Å². The van der Waals surface area contributed by atoms with E-state index in [4.69, 9.17) is 11.6 Å². The fourth-order valence-corrected chi connectivity index (χ4v) is 1.78. The third-order valence-electron chi connectivity index (χ3n) is 1.83. The van der Waals surface area contributed by atoms with E-state index in [1.54, 1.807) is 12.1 Å². The zero-order valence-electron chi connectivity index (χ0n) is 7.90. The second-order valence-electron chi connectivity index (χ2n) is 2.99. The summed E-state index contributed by atoms with van der Waals surface area (Å²) in [6.45, 7) is 1.48. The summed E-state index contributed by atoms with van der Waals surface area (Å²) in [7, 11) is 0. The van der Waals surface area contributed by atoms with Crippen LogP contribution in [0.3, 0.4) is 0 Å². The number of ketones is 1. The summed E-state index contributed by atoms with van der Waals surface area (Å²) >= 11 is 6.88. The Labute approximate surface area is 95.9 Å². The third-order valence-corrected chi connectivity index (χ3v) is 2.90. The third kappa shape index (κ3) is 2.22. The van der Waals surface area contributed by atoms with E-state index >= 15 is 0 Å². The van der Waals surface area contributed by atoms with Gasteiger partial charge in [-0.1, -0.05) is 11.6 Å². The lowest BCUT2D eigenvalue weighted by molar-refractivity contribution is 0.101. The number of halogens is 1. The first-order valence-corrected chi connectivity index (χ1v) is 5.42. The Balaban J connectivity index is 2.37. The van der Waals surface area contributed by atoms with Crippen molar-refractivity contribution < 1.29 is 4.79 Å². The molecule has 0 bridgehead atoms. The fourth-order valence-electron chi connectivity index (χ4n) is 1.08. The molecule has 0 unspecified atom stereocenters. The molecule has 2 aromatic rings. The summed E-state index contributed by atoms with van der Waals surface area (Å²) in [5.74, 6) is 0.509. The van der Waals surface area contributed by atoms with Gasteiger partial charge in [0.15, 0.2) is 16.6 Å². The molecule has 0 aliphatic rings. The number of hydrogen-bond donors (Lipinski definition) is 0. The van der Waals surface area contributed by atoms with Gasteiger partial charge in [-0.2, -0.15) is 4.37 Å². The topological polar surface area (TPSA) is 42.9 Å². The molecule has 3 nitrogen and oxygen atoms in total. The van der Waals surface area contributed by atoms with Gasteiger partial charge in [-0.3, -0.25) is 4.79 Å². The molecular weight excluding hydrogens is 232 g/mol. The molecule has 0 saturated heterocycles. The molecule has 0 radical (unpaired) electrons. The predicted molar refractivity (Wildman–Crippen MR) is 60.4 cm³/mol. The molecule has 0 N–H and O–H groups in total. The molecule has 1 heterocycles. The van der Waals surface area contributed by atoms with E-state index in [0.717, 1.165) is 17.1 Å². The van der Waals surface area contributed by atoms with Crippen LogP contribution in [0.15, 0.2) is 24.3 Å². The zero-order valence-corrected chi connectivity index (χ0v) is 9.47. The van der Waals surface area contributed by atoms with Crippen LogP contribution in [0.2, 0.25) is 5.02 Å². The molecule has 15 heavy (non-hydrogen) atoms. The average Bonchev–Trinajstić information content (AvgIpc) is 2.68. The molecule has 0 saturated carbocycles. The van der Waals surface area contributed by atoms with Crippen molar-refractivity contribution in [1.29, 1.82) is 0 Å². The second-order valence-corrected chi connectivity index (χ2v) is 4.17. The average molecular weight is 239 g/mol. The Morgan fingerprint density at radius 3 is 2.53 bits per heavy atom. The summed E-state index contributed by atoms with van der Waals surface area (Å²) in [6, 6.07) is 7.19. The largest absolute Gasteiger partial charge is 0.292 e. The van der Waals surface area contributed by atoms with Gasteiger partial charge in [0.25, 0.3) is 0 Å². The second kappa shape index (κ2) is 4.08. The number of Topliss-reactive ketones (excluding diaryl/α,β-unsaturated/α-hetero) is 1. The first-order valence-electron chi connectivity index (χ1n) is 4.27. The van der Waals surface area contributed by atoms with Gasteiger partial charge < -0.3 is 0 Å². The van der Waals surface area contributed by atoms with Gasteiger partial charge in [0.05, 0.1) is 0 Å². The molecular formula is C10H7ClN2OS. The quantitative estimate of drug-likeness (QED) is 0.756.